The molecular formula is C22H15Br. The Bertz CT molecular complexity index is 1010. The second-order valence-corrected chi connectivity index (χ2v) is 6.57. The summed E-state index contributed by atoms with van der Waals surface area (Å²) in [6, 6.07) is 27.8. The first-order chi connectivity index (χ1) is 11.3. The number of hydrogen-bond donors (Lipinski definition) is 0. The van der Waals surface area contributed by atoms with Crippen LogP contribution in [-0.2, 0) is 0 Å². The van der Waals surface area contributed by atoms with Crippen LogP contribution in [0.2, 0.25) is 0 Å². The summed E-state index contributed by atoms with van der Waals surface area (Å²) in [5.74, 6) is 0. The maximum Gasteiger partial charge on any atom is 0.0181 e. The Morgan fingerprint density at radius 2 is 1.17 bits per heavy atom. The van der Waals surface area contributed by atoms with E-state index in [0.717, 1.165) is 4.47 Å². The van der Waals surface area contributed by atoms with Crippen molar-refractivity contribution in [2.45, 2.75) is 0 Å². The maximum atomic E-state index is 3.58. The molecule has 23 heavy (non-hydrogen) atoms. The third-order valence-corrected chi connectivity index (χ3v) is 4.59. The molecule has 4 aromatic rings. The lowest BCUT2D eigenvalue weighted by Crippen LogP contribution is -1.80. The molecule has 0 saturated heterocycles. The van der Waals surface area contributed by atoms with Crippen LogP contribution in [-0.4, -0.2) is 0 Å². The van der Waals surface area contributed by atoms with Gasteiger partial charge in [0.2, 0.25) is 0 Å². The lowest BCUT2D eigenvalue weighted by atomic mass is 9.99. The van der Waals surface area contributed by atoms with Crippen LogP contribution in [0, 0.1) is 0 Å². The van der Waals surface area contributed by atoms with Crippen molar-refractivity contribution in [2.75, 3.05) is 0 Å². The van der Waals surface area contributed by atoms with Gasteiger partial charge in [0, 0.05) is 4.47 Å². The fourth-order valence-corrected chi connectivity index (χ4v) is 3.26. The topological polar surface area (TPSA) is 0 Å². The molecular weight excluding hydrogens is 344 g/mol. The van der Waals surface area contributed by atoms with Gasteiger partial charge in [0.25, 0.3) is 0 Å². The van der Waals surface area contributed by atoms with Gasteiger partial charge in [-0.3, -0.25) is 0 Å². The molecule has 0 saturated carbocycles. The minimum Gasteiger partial charge on any atom is -0.0622 e. The van der Waals surface area contributed by atoms with Gasteiger partial charge in [-0.1, -0.05) is 88.7 Å². The average molecular weight is 359 g/mol. The highest BCUT2D eigenvalue weighted by Crippen LogP contribution is 2.29. The molecule has 4 rings (SSSR count). The molecule has 1 heteroatoms. The molecule has 0 amide bonds. The van der Waals surface area contributed by atoms with Gasteiger partial charge < -0.3 is 0 Å². The summed E-state index contributed by atoms with van der Waals surface area (Å²) in [7, 11) is 0. The first kappa shape index (κ1) is 14.2. The Kier molecular flexibility index (Phi) is 3.72. The van der Waals surface area contributed by atoms with Gasteiger partial charge in [0.15, 0.2) is 0 Å². The summed E-state index contributed by atoms with van der Waals surface area (Å²) in [5.41, 5.74) is 2.43. The van der Waals surface area contributed by atoms with E-state index in [9.17, 15) is 0 Å². The van der Waals surface area contributed by atoms with E-state index in [1.807, 2.05) is 6.07 Å². The molecule has 0 atom stereocenters. The minimum absolute atomic E-state index is 1.11. The summed E-state index contributed by atoms with van der Waals surface area (Å²) < 4.78 is 1.11. The highest BCUT2D eigenvalue weighted by Gasteiger charge is 2.02. The molecule has 0 aliphatic rings. The molecule has 0 nitrogen and oxygen atoms in total. The molecule has 4 aromatic carbocycles. The smallest absolute Gasteiger partial charge is 0.0181 e. The quantitative estimate of drug-likeness (QED) is 0.269. The van der Waals surface area contributed by atoms with E-state index in [1.165, 1.54) is 32.7 Å². The van der Waals surface area contributed by atoms with E-state index in [-0.39, 0.29) is 0 Å². The minimum atomic E-state index is 1.11. The number of hydrogen-bond acceptors (Lipinski definition) is 0. The van der Waals surface area contributed by atoms with Gasteiger partial charge in [-0.15, -0.1) is 0 Å². The molecule has 110 valence electrons. The highest BCUT2D eigenvalue weighted by atomic mass is 79.9. The molecule has 0 aromatic heterocycles. The van der Waals surface area contributed by atoms with Gasteiger partial charge in [-0.05, 0) is 50.9 Å². The third kappa shape index (κ3) is 2.93. The zero-order valence-electron chi connectivity index (χ0n) is 12.5. The van der Waals surface area contributed by atoms with Gasteiger partial charge in [-0.2, -0.15) is 0 Å². The van der Waals surface area contributed by atoms with Crippen molar-refractivity contribution >= 4 is 49.6 Å². The van der Waals surface area contributed by atoms with Crippen LogP contribution in [0.3, 0.4) is 0 Å². The fourth-order valence-electron chi connectivity index (χ4n) is 2.90. The number of halogens is 1. The van der Waals surface area contributed by atoms with E-state index in [4.69, 9.17) is 0 Å². The summed E-state index contributed by atoms with van der Waals surface area (Å²) in [6.07, 6.45) is 4.33. The molecule has 0 unspecified atom stereocenters. The Hall–Kier alpha value is -2.38. The fraction of sp³-hybridized carbons (Fsp3) is 0. The molecule has 0 N–H and O–H groups in total. The van der Waals surface area contributed by atoms with Crippen LogP contribution in [0.25, 0.3) is 33.7 Å². The first-order valence-corrected chi connectivity index (χ1v) is 8.44. The number of fused-ring (bicyclic) bond motifs is 3. The second-order valence-electron chi connectivity index (χ2n) is 5.66. The SMILES string of the molecule is Brc1ccc2ccc3ccc(/C=C/c4ccccc4)cc3c2c1. The van der Waals surface area contributed by atoms with Crippen molar-refractivity contribution in [3.05, 3.63) is 94.5 Å². The van der Waals surface area contributed by atoms with Gasteiger partial charge >= 0.3 is 0 Å². The van der Waals surface area contributed by atoms with Crippen molar-refractivity contribution in [3.8, 4) is 0 Å². The zero-order chi connectivity index (χ0) is 15.6. The van der Waals surface area contributed by atoms with E-state index in [2.05, 4.69) is 101 Å². The summed E-state index contributed by atoms with van der Waals surface area (Å²) in [6.45, 7) is 0. The van der Waals surface area contributed by atoms with Gasteiger partial charge in [-0.25, -0.2) is 0 Å². The standard InChI is InChI=1S/C22H15Br/c23-20-13-12-19-11-10-18-9-8-17(14-21(18)22(19)15-20)7-6-16-4-2-1-3-5-16/h1-15H/b7-6+. The molecule has 0 radical (unpaired) electrons. The third-order valence-electron chi connectivity index (χ3n) is 4.09. The summed E-state index contributed by atoms with van der Waals surface area (Å²) in [4.78, 5) is 0. The molecule has 0 fully saturated rings. The van der Waals surface area contributed by atoms with Crippen LogP contribution < -0.4 is 0 Å². The Morgan fingerprint density at radius 1 is 0.565 bits per heavy atom. The van der Waals surface area contributed by atoms with Gasteiger partial charge in [0.1, 0.15) is 0 Å². The normalized spacial score (nSPS) is 11.5. The van der Waals surface area contributed by atoms with Crippen LogP contribution >= 0.6 is 15.9 Å². The second kappa shape index (κ2) is 6.02. The van der Waals surface area contributed by atoms with Crippen molar-refractivity contribution < 1.29 is 0 Å². The van der Waals surface area contributed by atoms with Crippen molar-refractivity contribution in [1.82, 2.24) is 0 Å². The van der Waals surface area contributed by atoms with E-state index in [0.29, 0.717) is 0 Å². The average Bonchev–Trinajstić information content (AvgIpc) is 2.60. The summed E-state index contributed by atoms with van der Waals surface area (Å²) in [5, 5.41) is 5.11. The van der Waals surface area contributed by atoms with E-state index in [1.54, 1.807) is 0 Å². The van der Waals surface area contributed by atoms with Gasteiger partial charge in [0.05, 0.1) is 0 Å². The number of rotatable bonds is 2. The van der Waals surface area contributed by atoms with Crippen molar-refractivity contribution in [2.24, 2.45) is 0 Å². The largest absolute Gasteiger partial charge is 0.0622 e. The van der Waals surface area contributed by atoms with Crippen LogP contribution in [0.5, 0.6) is 0 Å². The predicted molar refractivity (Wildman–Crippen MR) is 105 cm³/mol. The predicted octanol–water partition coefficient (Wildman–Crippen LogP) is 6.93. The van der Waals surface area contributed by atoms with E-state index >= 15 is 0 Å². The zero-order valence-corrected chi connectivity index (χ0v) is 14.1. The van der Waals surface area contributed by atoms with Crippen LogP contribution in [0.1, 0.15) is 11.1 Å². The van der Waals surface area contributed by atoms with E-state index < -0.39 is 0 Å². The van der Waals surface area contributed by atoms with Crippen LogP contribution in [0.4, 0.5) is 0 Å². The molecule has 0 aliphatic carbocycles. The Labute approximate surface area is 144 Å². The monoisotopic (exact) mass is 358 g/mol. The Morgan fingerprint density at radius 3 is 1.96 bits per heavy atom. The highest BCUT2D eigenvalue weighted by molar-refractivity contribution is 9.10. The van der Waals surface area contributed by atoms with Crippen LogP contribution in [0.15, 0.2) is 83.3 Å². The lowest BCUT2D eigenvalue weighted by Gasteiger charge is -2.06. The molecule has 0 aliphatic heterocycles. The first-order valence-electron chi connectivity index (χ1n) is 7.65. The maximum absolute atomic E-state index is 3.58. The number of benzene rings is 4. The van der Waals surface area contributed by atoms with Crippen molar-refractivity contribution in [1.29, 1.82) is 0 Å². The summed E-state index contributed by atoms with van der Waals surface area (Å²) >= 11 is 3.58. The molecule has 0 bridgehead atoms. The van der Waals surface area contributed by atoms with Crippen molar-refractivity contribution in [3.63, 3.8) is 0 Å². The molecule has 0 heterocycles. The Balaban J connectivity index is 1.84. The lowest BCUT2D eigenvalue weighted by molar-refractivity contribution is 1.66. The molecule has 0 spiro atoms.